The van der Waals surface area contributed by atoms with Crippen molar-refractivity contribution >= 4 is 11.9 Å². The van der Waals surface area contributed by atoms with Crippen LogP contribution >= 0.6 is 0 Å². The lowest BCUT2D eigenvalue weighted by molar-refractivity contribution is -0.160. The van der Waals surface area contributed by atoms with E-state index in [9.17, 15) is 27.9 Å². The number of likely N-dealkylation sites (tertiary alicyclic amines) is 1. The predicted octanol–water partition coefficient (Wildman–Crippen LogP) is 2.60. The van der Waals surface area contributed by atoms with Crippen molar-refractivity contribution < 1.29 is 37.3 Å². The summed E-state index contributed by atoms with van der Waals surface area (Å²) in [5.41, 5.74) is -1.59. The van der Waals surface area contributed by atoms with E-state index < -0.39 is 29.0 Å². The Morgan fingerprint density at radius 1 is 1.06 bits per heavy atom. The maximum atomic E-state index is 12.9. The van der Waals surface area contributed by atoms with Gasteiger partial charge in [0.1, 0.15) is 16.9 Å². The van der Waals surface area contributed by atoms with E-state index in [0.29, 0.717) is 17.1 Å². The topological polar surface area (TPSA) is 120 Å². The number of carboxylic acids is 1. The Balaban J connectivity index is 1.47. The highest BCUT2D eigenvalue weighted by Gasteiger charge is 2.52. The molecule has 0 radical (unpaired) electrons. The molecule has 1 aromatic heterocycles. The van der Waals surface area contributed by atoms with Gasteiger partial charge < -0.3 is 19.5 Å². The van der Waals surface area contributed by atoms with Gasteiger partial charge in [0.05, 0.1) is 26.3 Å². The molecule has 0 bridgehead atoms. The van der Waals surface area contributed by atoms with Gasteiger partial charge in [-0.2, -0.15) is 18.0 Å². The lowest BCUT2D eigenvalue weighted by atomic mass is 9.79. The zero-order valence-corrected chi connectivity index (χ0v) is 18.6. The number of hydrogen-bond acceptors (Lipinski definition) is 7. The number of benzene rings is 2. The van der Waals surface area contributed by atoms with Crippen LogP contribution in [0.15, 0.2) is 42.5 Å². The molecular formula is C22H20F3N5O5. The zero-order valence-electron chi connectivity index (χ0n) is 18.6. The predicted molar refractivity (Wildman–Crippen MR) is 114 cm³/mol. The largest absolute Gasteiger partial charge is 0.497 e. The first kappa shape index (κ1) is 24.0. The summed E-state index contributed by atoms with van der Waals surface area (Å²) < 4.78 is 48.6. The molecule has 4 rings (SSSR count). The Morgan fingerprint density at radius 3 is 2.17 bits per heavy atom. The highest BCUT2D eigenvalue weighted by molar-refractivity contribution is 5.97. The zero-order chi connectivity index (χ0) is 25.4. The van der Waals surface area contributed by atoms with Crippen molar-refractivity contribution in [2.75, 3.05) is 27.3 Å². The maximum Gasteiger partial charge on any atom is 0.416 e. The SMILES string of the molecule is COc1cc(OC)cc(C(=O)N2CC(Cn3nnc(-c4ccc(C(F)(F)F)cc4)n3)(C(=O)O)C2)c1. The Hall–Kier alpha value is -4.16. The van der Waals surface area contributed by atoms with Gasteiger partial charge in [-0.15, -0.1) is 10.2 Å². The van der Waals surface area contributed by atoms with E-state index >= 15 is 0 Å². The van der Waals surface area contributed by atoms with E-state index in [4.69, 9.17) is 9.47 Å². The second-order valence-corrected chi connectivity index (χ2v) is 8.07. The monoisotopic (exact) mass is 491 g/mol. The Kier molecular flexibility index (Phi) is 6.09. The summed E-state index contributed by atoms with van der Waals surface area (Å²) in [5.74, 6) is -0.648. The Labute approximate surface area is 196 Å². The molecule has 1 N–H and O–H groups in total. The number of aliphatic carboxylic acids is 1. The molecule has 13 heteroatoms. The van der Waals surface area contributed by atoms with Crippen LogP contribution in [0.1, 0.15) is 15.9 Å². The molecule has 1 fully saturated rings. The van der Waals surface area contributed by atoms with Crippen molar-refractivity contribution in [1.82, 2.24) is 25.1 Å². The number of tetrazole rings is 1. The molecule has 0 atom stereocenters. The van der Waals surface area contributed by atoms with Gasteiger partial charge in [-0.05, 0) is 29.5 Å². The summed E-state index contributed by atoms with van der Waals surface area (Å²) in [6, 6.07) is 8.89. The molecular weight excluding hydrogens is 471 g/mol. The number of carbonyl (C=O) groups is 2. The third-order valence-corrected chi connectivity index (χ3v) is 5.69. The average molecular weight is 491 g/mol. The molecule has 0 saturated carbocycles. The van der Waals surface area contributed by atoms with Gasteiger partial charge in [-0.25, -0.2) is 0 Å². The van der Waals surface area contributed by atoms with Gasteiger partial charge in [0, 0.05) is 30.3 Å². The van der Waals surface area contributed by atoms with Crippen LogP contribution in [0.25, 0.3) is 11.4 Å². The van der Waals surface area contributed by atoms with E-state index in [1.807, 2.05) is 0 Å². The van der Waals surface area contributed by atoms with Crippen molar-refractivity contribution in [3.05, 3.63) is 53.6 Å². The number of nitrogens with zero attached hydrogens (tertiary/aromatic N) is 5. The number of methoxy groups -OCH3 is 2. The fraction of sp³-hybridized carbons (Fsp3) is 0.318. The first-order valence-corrected chi connectivity index (χ1v) is 10.3. The van der Waals surface area contributed by atoms with E-state index in [1.165, 1.54) is 43.4 Å². The first-order chi connectivity index (χ1) is 16.5. The number of amides is 1. The standard InChI is InChI=1S/C22H20F3N5O5/c1-34-16-7-14(8-17(9-16)35-2)19(31)29-10-21(11-29,20(32)33)12-30-27-18(26-28-30)13-3-5-15(6-4-13)22(23,24)25/h3-9H,10-12H2,1-2H3,(H,32,33). The van der Waals surface area contributed by atoms with Crippen molar-refractivity contribution in [2.45, 2.75) is 12.7 Å². The minimum Gasteiger partial charge on any atom is -0.497 e. The highest BCUT2D eigenvalue weighted by atomic mass is 19.4. The number of carboxylic acid groups (broad SMARTS) is 1. The van der Waals surface area contributed by atoms with Crippen LogP contribution in [0.5, 0.6) is 11.5 Å². The summed E-state index contributed by atoms with van der Waals surface area (Å²) in [5, 5.41) is 21.6. The normalized spacial score (nSPS) is 14.8. The molecule has 0 spiro atoms. The summed E-state index contributed by atoms with van der Waals surface area (Å²) in [6.07, 6.45) is -4.47. The molecule has 10 nitrogen and oxygen atoms in total. The van der Waals surface area contributed by atoms with E-state index in [0.717, 1.165) is 16.9 Å². The number of halogens is 3. The Bertz CT molecular complexity index is 1230. The highest BCUT2D eigenvalue weighted by Crippen LogP contribution is 2.35. The summed E-state index contributed by atoms with van der Waals surface area (Å²) in [4.78, 5) is 27.4. The minimum atomic E-state index is -4.47. The fourth-order valence-electron chi connectivity index (χ4n) is 3.75. The molecule has 3 aromatic rings. The molecule has 184 valence electrons. The van der Waals surface area contributed by atoms with Crippen molar-refractivity contribution in [1.29, 1.82) is 0 Å². The lowest BCUT2D eigenvalue weighted by Crippen LogP contribution is -2.64. The second kappa shape index (κ2) is 8.89. The summed E-state index contributed by atoms with van der Waals surface area (Å²) in [7, 11) is 2.90. The summed E-state index contributed by atoms with van der Waals surface area (Å²) >= 11 is 0. The Morgan fingerprint density at radius 2 is 1.66 bits per heavy atom. The number of carbonyl (C=O) groups excluding carboxylic acids is 1. The molecule has 0 unspecified atom stereocenters. The first-order valence-electron chi connectivity index (χ1n) is 10.3. The van der Waals surface area contributed by atoms with Crippen LogP contribution in [-0.4, -0.2) is 69.4 Å². The minimum absolute atomic E-state index is 0.0509. The van der Waals surface area contributed by atoms with Gasteiger partial charge in [0.25, 0.3) is 5.91 Å². The fourth-order valence-corrected chi connectivity index (χ4v) is 3.75. The molecule has 2 heterocycles. The van der Waals surface area contributed by atoms with E-state index in [2.05, 4.69) is 15.4 Å². The number of aromatic nitrogens is 4. The van der Waals surface area contributed by atoms with Crippen LogP contribution in [0.2, 0.25) is 0 Å². The molecule has 1 amide bonds. The summed E-state index contributed by atoms with van der Waals surface area (Å²) in [6.45, 7) is -0.378. The molecule has 2 aromatic carbocycles. The molecule has 1 aliphatic heterocycles. The maximum absolute atomic E-state index is 12.9. The number of ether oxygens (including phenoxy) is 2. The van der Waals surface area contributed by atoms with E-state index in [-0.39, 0.29) is 31.0 Å². The molecule has 1 saturated heterocycles. The van der Waals surface area contributed by atoms with Crippen LogP contribution < -0.4 is 9.47 Å². The van der Waals surface area contributed by atoms with E-state index in [1.54, 1.807) is 6.07 Å². The van der Waals surface area contributed by atoms with Gasteiger partial charge in [0.15, 0.2) is 0 Å². The van der Waals surface area contributed by atoms with Gasteiger partial charge >= 0.3 is 12.1 Å². The molecule has 1 aliphatic rings. The molecule has 35 heavy (non-hydrogen) atoms. The van der Waals surface area contributed by atoms with Crippen LogP contribution in [0.4, 0.5) is 13.2 Å². The number of hydrogen-bond donors (Lipinski definition) is 1. The smallest absolute Gasteiger partial charge is 0.416 e. The average Bonchev–Trinajstić information content (AvgIpc) is 3.28. The number of rotatable bonds is 7. The van der Waals surface area contributed by atoms with Crippen LogP contribution in [0.3, 0.4) is 0 Å². The second-order valence-electron chi connectivity index (χ2n) is 8.07. The van der Waals surface area contributed by atoms with Crippen molar-refractivity contribution in [2.24, 2.45) is 5.41 Å². The van der Waals surface area contributed by atoms with Gasteiger partial charge in [-0.3, -0.25) is 9.59 Å². The number of alkyl halides is 3. The quantitative estimate of drug-likeness (QED) is 0.536. The van der Waals surface area contributed by atoms with Crippen LogP contribution in [-0.2, 0) is 17.5 Å². The molecule has 0 aliphatic carbocycles. The van der Waals surface area contributed by atoms with Crippen molar-refractivity contribution in [3.8, 4) is 22.9 Å². The van der Waals surface area contributed by atoms with Crippen molar-refractivity contribution in [3.63, 3.8) is 0 Å². The van der Waals surface area contributed by atoms with Gasteiger partial charge in [0.2, 0.25) is 5.82 Å². The van der Waals surface area contributed by atoms with Crippen LogP contribution in [0, 0.1) is 5.41 Å². The lowest BCUT2D eigenvalue weighted by Gasteiger charge is -2.46. The van der Waals surface area contributed by atoms with Gasteiger partial charge in [-0.1, -0.05) is 12.1 Å². The third kappa shape index (κ3) is 4.74. The third-order valence-electron chi connectivity index (χ3n) is 5.69.